The quantitative estimate of drug-likeness (QED) is 0.579. The molecule has 0 aliphatic carbocycles. The van der Waals surface area contributed by atoms with Crippen molar-refractivity contribution in [1.82, 2.24) is 10.2 Å². The fourth-order valence-corrected chi connectivity index (χ4v) is 0.981. The van der Waals surface area contributed by atoms with E-state index >= 15 is 0 Å². The van der Waals surface area contributed by atoms with Gasteiger partial charge in [-0.2, -0.15) is 0 Å². The van der Waals surface area contributed by atoms with Gasteiger partial charge in [0, 0.05) is 13.1 Å². The molecule has 1 rings (SSSR count). The van der Waals surface area contributed by atoms with E-state index in [1.807, 2.05) is 13.8 Å². The van der Waals surface area contributed by atoms with Crippen LogP contribution in [0.15, 0.2) is 0 Å². The summed E-state index contributed by atoms with van der Waals surface area (Å²) >= 11 is 0. The van der Waals surface area contributed by atoms with Gasteiger partial charge in [-0.15, -0.1) is 0 Å². The lowest BCUT2D eigenvalue weighted by atomic mass is 10.4. The fourth-order valence-electron chi connectivity index (χ4n) is 0.981. The molecular weight excluding hydrogens is 136 g/mol. The van der Waals surface area contributed by atoms with Crippen LogP contribution in [0.4, 0.5) is 0 Å². The highest BCUT2D eigenvalue weighted by Crippen LogP contribution is 1.88. The van der Waals surface area contributed by atoms with Gasteiger partial charge in [-0.25, -0.2) is 0 Å². The monoisotopic (exact) mass is 160 g/mol. The second-order valence-corrected chi connectivity index (χ2v) is 2.41. The minimum absolute atomic E-state index is 0. The smallest absolute Gasteiger partial charge is 0.0104 e. The van der Waals surface area contributed by atoms with Crippen molar-refractivity contribution in [3.8, 4) is 0 Å². The zero-order valence-corrected chi connectivity index (χ0v) is 7.48. The first-order chi connectivity index (χ1) is 4.89. The van der Waals surface area contributed by atoms with Crippen LogP contribution in [0.25, 0.3) is 0 Å². The molecule has 0 bridgehead atoms. The second-order valence-electron chi connectivity index (χ2n) is 2.41. The molecular formula is C9H24N2. The Morgan fingerprint density at radius 1 is 1.09 bits per heavy atom. The Balaban J connectivity index is 0. The normalized spacial score (nSPS) is 18.8. The summed E-state index contributed by atoms with van der Waals surface area (Å²) in [4.78, 5) is 2.36. The Labute approximate surface area is 72.0 Å². The van der Waals surface area contributed by atoms with Crippen molar-refractivity contribution >= 4 is 0 Å². The second kappa shape index (κ2) is 9.92. The van der Waals surface area contributed by atoms with Crippen molar-refractivity contribution in [2.45, 2.75) is 27.7 Å². The minimum Gasteiger partial charge on any atom is -0.315 e. The molecule has 70 valence electrons. The summed E-state index contributed by atoms with van der Waals surface area (Å²) in [5.41, 5.74) is 0. The van der Waals surface area contributed by atoms with Crippen LogP contribution in [0.3, 0.4) is 0 Å². The van der Waals surface area contributed by atoms with Crippen LogP contribution in [-0.4, -0.2) is 38.1 Å². The zero-order chi connectivity index (χ0) is 7.82. The Morgan fingerprint density at radius 3 is 2.36 bits per heavy atom. The fraction of sp³-hybridized carbons (Fsp3) is 1.00. The Hall–Kier alpha value is -0.0800. The van der Waals surface area contributed by atoms with Gasteiger partial charge < -0.3 is 10.2 Å². The van der Waals surface area contributed by atoms with Crippen LogP contribution in [0.2, 0.25) is 0 Å². The molecule has 0 aromatic rings. The van der Waals surface area contributed by atoms with Gasteiger partial charge >= 0.3 is 0 Å². The van der Waals surface area contributed by atoms with Crippen LogP contribution in [-0.2, 0) is 0 Å². The average Bonchev–Trinajstić information content (AvgIpc) is 2.21. The molecule has 0 saturated carbocycles. The molecule has 11 heavy (non-hydrogen) atoms. The Morgan fingerprint density at radius 2 is 1.73 bits per heavy atom. The molecule has 0 amide bonds. The van der Waals surface area contributed by atoms with Gasteiger partial charge in [0.2, 0.25) is 0 Å². The number of likely N-dealkylation sites (N-methyl/N-ethyl adjacent to an activating group) is 1. The Kier molecular flexibility index (Phi) is 12.2. The maximum Gasteiger partial charge on any atom is 0.0104 e. The predicted octanol–water partition coefficient (Wildman–Crippen LogP) is 1.57. The van der Waals surface area contributed by atoms with Gasteiger partial charge in [0.1, 0.15) is 0 Å². The molecule has 0 atom stereocenters. The maximum atomic E-state index is 3.34. The van der Waals surface area contributed by atoms with E-state index in [9.17, 15) is 0 Å². The van der Waals surface area contributed by atoms with E-state index in [-0.39, 0.29) is 7.43 Å². The van der Waals surface area contributed by atoms with Crippen molar-refractivity contribution in [3.63, 3.8) is 0 Å². The zero-order valence-electron chi connectivity index (χ0n) is 7.48. The third-order valence-electron chi connectivity index (χ3n) is 1.56. The highest BCUT2D eigenvalue weighted by molar-refractivity contribution is 4.60. The lowest BCUT2D eigenvalue weighted by Crippen LogP contribution is -2.23. The summed E-state index contributed by atoms with van der Waals surface area (Å²) in [6.45, 7) is 8.83. The molecule has 0 unspecified atom stereocenters. The number of nitrogens with zero attached hydrogens (tertiary/aromatic N) is 1. The summed E-state index contributed by atoms with van der Waals surface area (Å²) in [5, 5.41) is 3.34. The van der Waals surface area contributed by atoms with E-state index in [0.29, 0.717) is 0 Å². The predicted molar refractivity (Wildman–Crippen MR) is 53.1 cm³/mol. The molecule has 0 aromatic heterocycles. The molecule has 1 fully saturated rings. The number of hydrogen-bond acceptors (Lipinski definition) is 2. The van der Waals surface area contributed by atoms with Crippen molar-refractivity contribution in [2.24, 2.45) is 0 Å². The number of hydrogen-bond donors (Lipinski definition) is 1. The highest BCUT2D eigenvalue weighted by atomic mass is 15.1. The largest absolute Gasteiger partial charge is 0.315 e. The molecule has 0 spiro atoms. The van der Waals surface area contributed by atoms with Crippen molar-refractivity contribution in [1.29, 1.82) is 0 Å². The molecule has 2 heteroatoms. The van der Waals surface area contributed by atoms with E-state index in [1.165, 1.54) is 26.1 Å². The van der Waals surface area contributed by atoms with Crippen LogP contribution in [0.5, 0.6) is 0 Å². The number of rotatable bonds is 0. The molecule has 0 aromatic carbocycles. The lowest BCUT2D eigenvalue weighted by molar-refractivity contribution is 0.358. The van der Waals surface area contributed by atoms with Crippen LogP contribution in [0, 0.1) is 0 Å². The van der Waals surface area contributed by atoms with E-state index in [1.54, 1.807) is 0 Å². The first-order valence-corrected chi connectivity index (χ1v) is 4.29. The third kappa shape index (κ3) is 7.82. The molecule has 2 nitrogen and oxygen atoms in total. The SMILES string of the molecule is C.CC.CN1CCCNCC1. The van der Waals surface area contributed by atoms with Crippen molar-refractivity contribution in [2.75, 3.05) is 33.2 Å². The first-order valence-electron chi connectivity index (χ1n) is 4.29. The molecule has 1 heterocycles. The van der Waals surface area contributed by atoms with Crippen molar-refractivity contribution < 1.29 is 0 Å². The first kappa shape index (κ1) is 13.5. The summed E-state index contributed by atoms with van der Waals surface area (Å²) in [5.74, 6) is 0. The average molecular weight is 160 g/mol. The van der Waals surface area contributed by atoms with E-state index < -0.39 is 0 Å². The van der Waals surface area contributed by atoms with Crippen LogP contribution < -0.4 is 5.32 Å². The van der Waals surface area contributed by atoms with Gasteiger partial charge in [-0.1, -0.05) is 21.3 Å². The third-order valence-corrected chi connectivity index (χ3v) is 1.56. The van der Waals surface area contributed by atoms with Gasteiger partial charge in [0.15, 0.2) is 0 Å². The van der Waals surface area contributed by atoms with E-state index in [0.717, 1.165) is 6.54 Å². The lowest BCUT2D eigenvalue weighted by Gasteiger charge is -2.09. The van der Waals surface area contributed by atoms with Gasteiger partial charge in [-0.3, -0.25) is 0 Å². The van der Waals surface area contributed by atoms with Crippen molar-refractivity contribution in [3.05, 3.63) is 0 Å². The van der Waals surface area contributed by atoms with Crippen LogP contribution in [0.1, 0.15) is 27.7 Å². The highest BCUT2D eigenvalue weighted by Gasteiger charge is 2.00. The summed E-state index contributed by atoms with van der Waals surface area (Å²) in [6, 6.07) is 0. The molecule has 1 saturated heterocycles. The molecule has 1 aliphatic rings. The summed E-state index contributed by atoms with van der Waals surface area (Å²) in [6.07, 6.45) is 1.30. The minimum atomic E-state index is 0. The van der Waals surface area contributed by atoms with Gasteiger partial charge in [0.05, 0.1) is 0 Å². The molecule has 0 radical (unpaired) electrons. The van der Waals surface area contributed by atoms with E-state index in [2.05, 4.69) is 17.3 Å². The standard InChI is InChI=1S/C6H14N2.C2H6.CH4/c1-8-5-2-3-7-4-6-8;1-2;/h7H,2-6H2,1H3;1-2H3;1H4. The van der Waals surface area contributed by atoms with Gasteiger partial charge in [0.25, 0.3) is 0 Å². The Bertz CT molecular complexity index is 56.6. The number of nitrogens with one attached hydrogen (secondary N) is 1. The van der Waals surface area contributed by atoms with E-state index in [4.69, 9.17) is 0 Å². The summed E-state index contributed by atoms with van der Waals surface area (Å²) in [7, 11) is 2.17. The van der Waals surface area contributed by atoms with Gasteiger partial charge in [-0.05, 0) is 26.6 Å². The molecule has 1 N–H and O–H groups in total. The summed E-state index contributed by atoms with van der Waals surface area (Å²) < 4.78 is 0. The topological polar surface area (TPSA) is 15.3 Å². The molecule has 1 aliphatic heterocycles. The maximum absolute atomic E-state index is 3.34. The van der Waals surface area contributed by atoms with Crippen LogP contribution >= 0.6 is 0 Å².